The molecule has 2 N–H and O–H groups in total. The lowest BCUT2D eigenvalue weighted by Crippen LogP contribution is -2.06. The fourth-order valence-electron chi connectivity index (χ4n) is 3.25. The van der Waals surface area contributed by atoms with Gasteiger partial charge in [0.15, 0.2) is 11.5 Å². The van der Waals surface area contributed by atoms with Crippen molar-refractivity contribution in [3.05, 3.63) is 54.6 Å². The van der Waals surface area contributed by atoms with E-state index in [-0.39, 0.29) is 12.5 Å². The number of ether oxygens (including phenoxy) is 2. The van der Waals surface area contributed by atoms with Crippen LogP contribution in [0.15, 0.2) is 54.6 Å². The summed E-state index contributed by atoms with van der Waals surface area (Å²) >= 11 is 0. The highest BCUT2D eigenvalue weighted by Crippen LogP contribution is 2.42. The SMILES string of the molecule is CC(C)CCNc1cc(-c2cccc3c2OCO3)cc(-c2ccccc2O)n1. The number of fused-ring (bicyclic) bond motifs is 1. The molecule has 4 rings (SSSR count). The minimum atomic E-state index is 0.207. The maximum Gasteiger partial charge on any atom is 0.231 e. The van der Waals surface area contributed by atoms with Crippen LogP contribution in [0.2, 0.25) is 0 Å². The van der Waals surface area contributed by atoms with Crippen LogP contribution in [0.3, 0.4) is 0 Å². The van der Waals surface area contributed by atoms with E-state index in [2.05, 4.69) is 19.2 Å². The Kier molecular flexibility index (Phi) is 5.06. The highest BCUT2D eigenvalue weighted by Gasteiger charge is 2.20. The van der Waals surface area contributed by atoms with E-state index in [1.54, 1.807) is 12.1 Å². The Morgan fingerprint density at radius 2 is 1.86 bits per heavy atom. The summed E-state index contributed by atoms with van der Waals surface area (Å²) in [6, 6.07) is 17.1. The maximum atomic E-state index is 10.3. The molecule has 5 heteroatoms. The lowest BCUT2D eigenvalue weighted by Gasteiger charge is -2.14. The van der Waals surface area contributed by atoms with Gasteiger partial charge in [0.05, 0.1) is 5.69 Å². The van der Waals surface area contributed by atoms with Crippen molar-refractivity contribution in [3.8, 4) is 39.6 Å². The van der Waals surface area contributed by atoms with E-state index < -0.39 is 0 Å². The number of anilines is 1. The molecule has 0 saturated heterocycles. The fourth-order valence-corrected chi connectivity index (χ4v) is 3.25. The van der Waals surface area contributed by atoms with Crippen molar-refractivity contribution >= 4 is 5.82 Å². The van der Waals surface area contributed by atoms with Crippen molar-refractivity contribution in [1.29, 1.82) is 0 Å². The van der Waals surface area contributed by atoms with Crippen LogP contribution in [0.25, 0.3) is 22.4 Å². The number of hydrogen-bond donors (Lipinski definition) is 2. The van der Waals surface area contributed by atoms with Crippen LogP contribution in [-0.2, 0) is 0 Å². The maximum absolute atomic E-state index is 10.3. The summed E-state index contributed by atoms with van der Waals surface area (Å²) in [5, 5.41) is 13.7. The standard InChI is InChI=1S/C23H24N2O3/c1-15(2)10-11-24-22-13-16(17-7-5-9-21-23(17)28-14-27-21)12-19(25-22)18-6-3-4-8-20(18)26/h3-9,12-13,15,26H,10-11,14H2,1-2H3,(H,24,25). The Bertz CT molecular complexity index is 985. The fraction of sp³-hybridized carbons (Fsp3) is 0.261. The average molecular weight is 376 g/mol. The Labute approximate surface area is 165 Å². The van der Waals surface area contributed by atoms with Crippen LogP contribution in [-0.4, -0.2) is 23.4 Å². The molecule has 0 saturated carbocycles. The lowest BCUT2D eigenvalue weighted by atomic mass is 10.0. The van der Waals surface area contributed by atoms with Crippen LogP contribution < -0.4 is 14.8 Å². The number of rotatable bonds is 6. The summed E-state index contributed by atoms with van der Waals surface area (Å²) in [4.78, 5) is 4.74. The molecular weight excluding hydrogens is 352 g/mol. The molecule has 2 heterocycles. The van der Waals surface area contributed by atoms with Crippen molar-refractivity contribution in [2.75, 3.05) is 18.7 Å². The number of nitrogens with zero attached hydrogens (tertiary/aromatic N) is 1. The molecule has 0 radical (unpaired) electrons. The van der Waals surface area contributed by atoms with E-state index in [9.17, 15) is 5.11 Å². The average Bonchev–Trinajstić information content (AvgIpc) is 3.16. The molecule has 0 aliphatic carbocycles. The van der Waals surface area contributed by atoms with Crippen LogP contribution in [0.4, 0.5) is 5.82 Å². The first-order valence-corrected chi connectivity index (χ1v) is 9.55. The lowest BCUT2D eigenvalue weighted by molar-refractivity contribution is 0.174. The summed E-state index contributed by atoms with van der Waals surface area (Å²) in [5.74, 6) is 3.07. The van der Waals surface area contributed by atoms with Gasteiger partial charge in [-0.05, 0) is 48.2 Å². The van der Waals surface area contributed by atoms with E-state index in [0.29, 0.717) is 17.2 Å². The van der Waals surface area contributed by atoms with Crippen molar-refractivity contribution < 1.29 is 14.6 Å². The Hall–Kier alpha value is -3.21. The largest absolute Gasteiger partial charge is 0.507 e. The Balaban J connectivity index is 1.78. The molecule has 0 atom stereocenters. The number of hydrogen-bond acceptors (Lipinski definition) is 5. The second-order valence-corrected chi connectivity index (χ2v) is 7.29. The molecule has 2 aromatic carbocycles. The van der Waals surface area contributed by atoms with Gasteiger partial charge in [0.1, 0.15) is 11.6 Å². The third-order valence-corrected chi connectivity index (χ3v) is 4.74. The molecule has 1 aliphatic rings. The number of phenols is 1. The Morgan fingerprint density at radius 1 is 1.04 bits per heavy atom. The van der Waals surface area contributed by atoms with Gasteiger partial charge in [-0.25, -0.2) is 4.98 Å². The highest BCUT2D eigenvalue weighted by molar-refractivity contribution is 5.80. The van der Waals surface area contributed by atoms with Gasteiger partial charge < -0.3 is 19.9 Å². The third kappa shape index (κ3) is 3.74. The summed E-state index contributed by atoms with van der Waals surface area (Å²) in [6.07, 6.45) is 1.05. The molecule has 5 nitrogen and oxygen atoms in total. The molecule has 0 bridgehead atoms. The first kappa shape index (κ1) is 18.2. The summed E-state index contributed by atoms with van der Waals surface area (Å²) in [7, 11) is 0. The topological polar surface area (TPSA) is 63.6 Å². The van der Waals surface area contributed by atoms with Gasteiger partial charge in [0.25, 0.3) is 0 Å². The van der Waals surface area contributed by atoms with E-state index in [1.165, 1.54) is 0 Å². The molecule has 0 amide bonds. The normalized spacial score (nSPS) is 12.4. The molecule has 3 aromatic rings. The second kappa shape index (κ2) is 7.80. The number of para-hydroxylation sites is 2. The van der Waals surface area contributed by atoms with Crippen molar-refractivity contribution in [1.82, 2.24) is 4.98 Å². The number of aromatic nitrogens is 1. The molecular formula is C23H24N2O3. The van der Waals surface area contributed by atoms with Crippen molar-refractivity contribution in [2.45, 2.75) is 20.3 Å². The van der Waals surface area contributed by atoms with E-state index in [4.69, 9.17) is 14.5 Å². The molecule has 1 aromatic heterocycles. The predicted octanol–water partition coefficient (Wildman–Crippen LogP) is 5.31. The number of nitrogens with one attached hydrogen (secondary N) is 1. The Morgan fingerprint density at radius 3 is 2.68 bits per heavy atom. The minimum absolute atomic E-state index is 0.207. The van der Waals surface area contributed by atoms with Gasteiger partial charge >= 0.3 is 0 Å². The molecule has 0 spiro atoms. The molecule has 0 fully saturated rings. The van der Waals surface area contributed by atoms with Crippen molar-refractivity contribution in [3.63, 3.8) is 0 Å². The zero-order valence-corrected chi connectivity index (χ0v) is 16.1. The van der Waals surface area contributed by atoms with E-state index >= 15 is 0 Å². The van der Waals surface area contributed by atoms with Gasteiger partial charge in [-0.15, -0.1) is 0 Å². The van der Waals surface area contributed by atoms with Crippen molar-refractivity contribution in [2.24, 2.45) is 5.92 Å². The third-order valence-electron chi connectivity index (χ3n) is 4.74. The predicted molar refractivity (Wildman–Crippen MR) is 111 cm³/mol. The van der Waals surface area contributed by atoms with Gasteiger partial charge in [-0.2, -0.15) is 0 Å². The first-order valence-electron chi connectivity index (χ1n) is 9.55. The zero-order valence-electron chi connectivity index (χ0n) is 16.1. The second-order valence-electron chi connectivity index (χ2n) is 7.29. The minimum Gasteiger partial charge on any atom is -0.507 e. The van der Waals surface area contributed by atoms with Gasteiger partial charge in [0.2, 0.25) is 6.79 Å². The van der Waals surface area contributed by atoms with Crippen LogP contribution in [0, 0.1) is 5.92 Å². The molecule has 144 valence electrons. The quantitative estimate of drug-likeness (QED) is 0.610. The van der Waals surface area contributed by atoms with Gasteiger partial charge in [0, 0.05) is 17.7 Å². The zero-order chi connectivity index (χ0) is 19.5. The smallest absolute Gasteiger partial charge is 0.231 e. The number of aromatic hydroxyl groups is 1. The van der Waals surface area contributed by atoms with Gasteiger partial charge in [-0.1, -0.05) is 38.1 Å². The molecule has 1 aliphatic heterocycles. The van der Waals surface area contributed by atoms with E-state index in [1.807, 2.05) is 42.5 Å². The summed E-state index contributed by atoms with van der Waals surface area (Å²) in [6.45, 7) is 5.46. The number of phenolic OH excluding ortho intramolecular Hbond substituents is 1. The summed E-state index contributed by atoms with van der Waals surface area (Å²) < 4.78 is 11.2. The summed E-state index contributed by atoms with van der Waals surface area (Å²) in [5.41, 5.74) is 3.31. The first-order chi connectivity index (χ1) is 13.6. The molecule has 0 unspecified atom stereocenters. The molecule has 28 heavy (non-hydrogen) atoms. The van der Waals surface area contributed by atoms with Gasteiger partial charge in [-0.3, -0.25) is 0 Å². The van der Waals surface area contributed by atoms with Crippen LogP contribution in [0.5, 0.6) is 17.2 Å². The van der Waals surface area contributed by atoms with E-state index in [0.717, 1.165) is 41.4 Å². The van der Waals surface area contributed by atoms with Crippen LogP contribution in [0.1, 0.15) is 20.3 Å². The highest BCUT2D eigenvalue weighted by atomic mass is 16.7. The monoisotopic (exact) mass is 376 g/mol. The van der Waals surface area contributed by atoms with Crippen LogP contribution >= 0.6 is 0 Å². The number of benzene rings is 2. The number of pyridine rings is 1.